The fraction of sp³-hybridized carbons (Fsp3) is 1.00. The van der Waals surface area contributed by atoms with E-state index in [-0.39, 0.29) is 5.79 Å². The zero-order chi connectivity index (χ0) is 6.48. The van der Waals surface area contributed by atoms with Gasteiger partial charge in [-0.15, -0.1) is 0 Å². The lowest BCUT2D eigenvalue weighted by atomic mass is 10.0. The Labute approximate surface area is 55.1 Å². The molecule has 0 radical (unpaired) electrons. The number of hydrogen-bond acceptors (Lipinski definition) is 2. The monoisotopic (exact) mass is 128 g/mol. The first-order valence-corrected chi connectivity index (χ1v) is 3.55. The highest BCUT2D eigenvalue weighted by atomic mass is 16.8. The molecule has 3 unspecified atom stereocenters. The third kappa shape index (κ3) is 0.700. The van der Waals surface area contributed by atoms with Gasteiger partial charge in [0, 0.05) is 5.92 Å². The zero-order valence-corrected chi connectivity index (χ0v) is 5.89. The van der Waals surface area contributed by atoms with Crippen molar-refractivity contribution in [1.82, 2.24) is 0 Å². The minimum absolute atomic E-state index is 0.126. The van der Waals surface area contributed by atoms with E-state index in [9.17, 15) is 0 Å². The summed E-state index contributed by atoms with van der Waals surface area (Å²) >= 11 is 0. The van der Waals surface area contributed by atoms with Crippen LogP contribution in [0.4, 0.5) is 0 Å². The minimum atomic E-state index is -0.126. The first-order chi connectivity index (χ1) is 4.23. The average Bonchev–Trinajstić information content (AvgIpc) is 2.42. The number of ether oxygens (including phenoxy) is 2. The molecular weight excluding hydrogens is 116 g/mol. The molecule has 1 spiro atoms. The molecule has 0 N–H and O–H groups in total. The minimum Gasteiger partial charge on any atom is -0.344 e. The summed E-state index contributed by atoms with van der Waals surface area (Å²) in [5, 5.41) is 0. The van der Waals surface area contributed by atoms with Crippen molar-refractivity contribution in [2.75, 3.05) is 6.61 Å². The summed E-state index contributed by atoms with van der Waals surface area (Å²) in [7, 11) is 0. The van der Waals surface area contributed by atoms with E-state index in [0.29, 0.717) is 12.0 Å². The summed E-state index contributed by atoms with van der Waals surface area (Å²) in [5.74, 6) is 0.479. The predicted octanol–water partition coefficient (Wildman–Crippen LogP) is 1.16. The lowest BCUT2D eigenvalue weighted by Crippen LogP contribution is -2.16. The van der Waals surface area contributed by atoms with Gasteiger partial charge in [0.1, 0.15) is 6.61 Å². The summed E-state index contributed by atoms with van der Waals surface area (Å²) in [5.41, 5.74) is 0. The SMILES string of the molecule is CC1CC(C)C2(CO2)O1. The maximum absolute atomic E-state index is 5.55. The summed E-state index contributed by atoms with van der Waals surface area (Å²) in [6.07, 6.45) is 1.56. The standard InChI is InChI=1S/C7H12O2/c1-5-3-6(2)9-7(5)4-8-7/h5-6H,3-4H2,1-2H3. The Morgan fingerprint density at radius 3 is 2.33 bits per heavy atom. The van der Waals surface area contributed by atoms with Crippen molar-refractivity contribution in [2.45, 2.75) is 32.2 Å². The van der Waals surface area contributed by atoms with Gasteiger partial charge in [0.2, 0.25) is 0 Å². The van der Waals surface area contributed by atoms with Gasteiger partial charge in [0.15, 0.2) is 5.79 Å². The van der Waals surface area contributed by atoms with Crippen LogP contribution in [0.1, 0.15) is 20.3 Å². The van der Waals surface area contributed by atoms with Crippen LogP contribution in [0.2, 0.25) is 0 Å². The molecule has 2 rings (SSSR count). The molecule has 0 aromatic rings. The van der Waals surface area contributed by atoms with Crippen molar-refractivity contribution in [3.05, 3.63) is 0 Å². The van der Waals surface area contributed by atoms with Gasteiger partial charge in [-0.25, -0.2) is 0 Å². The van der Waals surface area contributed by atoms with Gasteiger partial charge in [0.05, 0.1) is 6.10 Å². The second-order valence-electron chi connectivity index (χ2n) is 3.17. The second kappa shape index (κ2) is 1.50. The van der Waals surface area contributed by atoms with E-state index < -0.39 is 0 Å². The first-order valence-electron chi connectivity index (χ1n) is 3.55. The van der Waals surface area contributed by atoms with Crippen LogP contribution in [-0.2, 0) is 9.47 Å². The smallest absolute Gasteiger partial charge is 0.195 e. The fourth-order valence-electron chi connectivity index (χ4n) is 1.61. The van der Waals surface area contributed by atoms with Gasteiger partial charge >= 0.3 is 0 Å². The van der Waals surface area contributed by atoms with Crippen molar-refractivity contribution in [2.24, 2.45) is 5.92 Å². The Balaban J connectivity index is 2.10. The number of rotatable bonds is 0. The first kappa shape index (κ1) is 5.69. The van der Waals surface area contributed by atoms with E-state index in [4.69, 9.17) is 9.47 Å². The Morgan fingerprint density at radius 2 is 2.11 bits per heavy atom. The van der Waals surface area contributed by atoms with Crippen LogP contribution in [0.3, 0.4) is 0 Å². The highest BCUT2D eigenvalue weighted by molar-refractivity contribution is 4.93. The van der Waals surface area contributed by atoms with E-state index in [1.54, 1.807) is 0 Å². The van der Waals surface area contributed by atoms with E-state index in [2.05, 4.69) is 13.8 Å². The molecule has 2 aliphatic rings. The van der Waals surface area contributed by atoms with Crippen LogP contribution in [0.5, 0.6) is 0 Å². The molecule has 0 aromatic carbocycles. The Morgan fingerprint density at radius 1 is 1.44 bits per heavy atom. The molecule has 2 heteroatoms. The van der Waals surface area contributed by atoms with Crippen LogP contribution in [0.25, 0.3) is 0 Å². The average molecular weight is 128 g/mol. The normalized spacial score (nSPS) is 56.7. The van der Waals surface area contributed by atoms with Crippen LogP contribution in [0.15, 0.2) is 0 Å². The molecular formula is C7H12O2. The molecule has 52 valence electrons. The van der Waals surface area contributed by atoms with Gasteiger partial charge in [-0.3, -0.25) is 0 Å². The molecule has 2 saturated heterocycles. The summed E-state index contributed by atoms with van der Waals surface area (Å²) in [4.78, 5) is 0. The quantitative estimate of drug-likeness (QED) is 0.456. The van der Waals surface area contributed by atoms with Gasteiger partial charge < -0.3 is 9.47 Å². The maximum Gasteiger partial charge on any atom is 0.195 e. The van der Waals surface area contributed by atoms with Gasteiger partial charge in [-0.2, -0.15) is 0 Å². The number of hydrogen-bond donors (Lipinski definition) is 0. The summed E-state index contributed by atoms with van der Waals surface area (Å²) in [6.45, 7) is 5.11. The van der Waals surface area contributed by atoms with Gasteiger partial charge in [-0.05, 0) is 13.3 Å². The van der Waals surface area contributed by atoms with E-state index in [1.807, 2.05) is 0 Å². The number of epoxide rings is 1. The zero-order valence-electron chi connectivity index (χ0n) is 5.89. The molecule has 9 heavy (non-hydrogen) atoms. The Kier molecular flexibility index (Phi) is 0.945. The van der Waals surface area contributed by atoms with Crippen molar-refractivity contribution in [3.63, 3.8) is 0 Å². The molecule has 0 amide bonds. The molecule has 0 aliphatic carbocycles. The van der Waals surface area contributed by atoms with Gasteiger partial charge in [-0.1, -0.05) is 6.92 Å². The molecule has 2 aliphatic heterocycles. The van der Waals surface area contributed by atoms with Crippen molar-refractivity contribution in [1.29, 1.82) is 0 Å². The highest BCUT2D eigenvalue weighted by Crippen LogP contribution is 2.45. The molecule has 0 bridgehead atoms. The third-order valence-electron chi connectivity index (χ3n) is 2.27. The van der Waals surface area contributed by atoms with Gasteiger partial charge in [0.25, 0.3) is 0 Å². The van der Waals surface area contributed by atoms with E-state index in [0.717, 1.165) is 13.0 Å². The molecule has 2 heterocycles. The molecule has 3 atom stereocenters. The summed E-state index contributed by atoms with van der Waals surface area (Å²) in [6, 6.07) is 0. The van der Waals surface area contributed by atoms with E-state index in [1.165, 1.54) is 0 Å². The molecule has 0 saturated carbocycles. The third-order valence-corrected chi connectivity index (χ3v) is 2.27. The second-order valence-corrected chi connectivity index (χ2v) is 3.17. The Hall–Kier alpha value is -0.0800. The Bertz CT molecular complexity index is 129. The van der Waals surface area contributed by atoms with Crippen molar-refractivity contribution < 1.29 is 9.47 Å². The predicted molar refractivity (Wildman–Crippen MR) is 33.0 cm³/mol. The topological polar surface area (TPSA) is 21.8 Å². The lowest BCUT2D eigenvalue weighted by molar-refractivity contribution is -0.0465. The van der Waals surface area contributed by atoms with Crippen LogP contribution in [0, 0.1) is 5.92 Å². The van der Waals surface area contributed by atoms with Crippen molar-refractivity contribution >= 4 is 0 Å². The summed E-state index contributed by atoms with van der Waals surface area (Å²) < 4.78 is 10.8. The van der Waals surface area contributed by atoms with Crippen LogP contribution in [-0.4, -0.2) is 18.5 Å². The maximum atomic E-state index is 5.55. The molecule has 0 aromatic heterocycles. The highest BCUT2D eigenvalue weighted by Gasteiger charge is 2.56. The fourth-order valence-corrected chi connectivity index (χ4v) is 1.61. The molecule has 2 fully saturated rings. The van der Waals surface area contributed by atoms with E-state index >= 15 is 0 Å². The van der Waals surface area contributed by atoms with Crippen LogP contribution >= 0.6 is 0 Å². The molecule has 2 nitrogen and oxygen atoms in total. The lowest BCUT2D eigenvalue weighted by Gasteiger charge is -2.06. The van der Waals surface area contributed by atoms with Crippen LogP contribution < -0.4 is 0 Å². The van der Waals surface area contributed by atoms with Crippen molar-refractivity contribution in [3.8, 4) is 0 Å². The largest absolute Gasteiger partial charge is 0.344 e.